The highest BCUT2D eigenvalue weighted by atomic mass is 35.5. The first-order valence-electron chi connectivity index (χ1n) is 11.7. The third-order valence-electron chi connectivity index (χ3n) is 6.21. The van der Waals surface area contributed by atoms with Gasteiger partial charge in [-0.05, 0) is 65.7 Å². The van der Waals surface area contributed by atoms with Crippen LogP contribution in [0.4, 0.5) is 5.69 Å². The summed E-state index contributed by atoms with van der Waals surface area (Å²) in [5.41, 5.74) is 3.57. The Morgan fingerprint density at radius 2 is 1.76 bits per heavy atom. The molecule has 0 radical (unpaired) electrons. The summed E-state index contributed by atoms with van der Waals surface area (Å²) in [6, 6.07) is 26.1. The zero-order valence-electron chi connectivity index (χ0n) is 19.6. The van der Waals surface area contributed by atoms with Crippen LogP contribution in [-0.4, -0.2) is 18.6 Å². The Kier molecular flexibility index (Phi) is 6.24. The van der Waals surface area contributed by atoms with Crippen LogP contribution >= 0.6 is 23.4 Å². The number of hydrogen-bond donors (Lipinski definition) is 1. The molecule has 0 saturated heterocycles. The smallest absolute Gasteiger partial charge is 0.259 e. The quantitative estimate of drug-likeness (QED) is 0.329. The molecule has 0 saturated carbocycles. The fraction of sp³-hybridized carbons (Fsp3) is 0.103. The molecule has 2 aliphatic heterocycles. The topological polar surface area (TPSA) is 67.9 Å². The van der Waals surface area contributed by atoms with Gasteiger partial charge in [-0.15, -0.1) is 0 Å². The maximum Gasteiger partial charge on any atom is 0.259 e. The summed E-state index contributed by atoms with van der Waals surface area (Å²) < 4.78 is 10.8. The van der Waals surface area contributed by atoms with Crippen LogP contribution in [0.3, 0.4) is 0 Å². The molecule has 184 valence electrons. The number of hydrogen-bond acceptors (Lipinski definition) is 5. The predicted octanol–water partition coefficient (Wildman–Crippen LogP) is 6.31. The van der Waals surface area contributed by atoms with Gasteiger partial charge in [0.15, 0.2) is 11.5 Å². The first kappa shape index (κ1) is 23.5. The largest absolute Gasteiger partial charge is 0.454 e. The number of carbonyl (C=O) groups is 2. The van der Waals surface area contributed by atoms with Crippen molar-refractivity contribution in [2.24, 2.45) is 0 Å². The average Bonchev–Trinajstić information content (AvgIpc) is 3.35. The number of anilines is 1. The lowest BCUT2D eigenvalue weighted by Gasteiger charge is -2.24. The van der Waals surface area contributed by atoms with E-state index in [1.165, 1.54) is 11.8 Å². The van der Waals surface area contributed by atoms with E-state index in [0.717, 1.165) is 20.9 Å². The van der Waals surface area contributed by atoms with Crippen LogP contribution in [-0.2, 0) is 13.1 Å². The van der Waals surface area contributed by atoms with Gasteiger partial charge in [-0.3, -0.25) is 9.59 Å². The summed E-state index contributed by atoms with van der Waals surface area (Å²) in [6.07, 6.45) is 0. The number of benzene rings is 4. The van der Waals surface area contributed by atoms with Gasteiger partial charge in [-0.25, -0.2) is 0 Å². The molecule has 0 aliphatic carbocycles. The first-order chi connectivity index (χ1) is 18.0. The molecular formula is C29H21ClN2O4S. The van der Waals surface area contributed by atoms with Crippen LogP contribution in [0.1, 0.15) is 31.8 Å². The summed E-state index contributed by atoms with van der Waals surface area (Å²) in [5, 5.41) is 3.57. The van der Waals surface area contributed by atoms with Crippen molar-refractivity contribution >= 4 is 40.9 Å². The van der Waals surface area contributed by atoms with Crippen LogP contribution in [0.5, 0.6) is 11.5 Å². The maximum absolute atomic E-state index is 13.7. The van der Waals surface area contributed by atoms with Gasteiger partial charge in [-0.2, -0.15) is 0 Å². The summed E-state index contributed by atoms with van der Waals surface area (Å²) in [4.78, 5) is 30.4. The third-order valence-corrected chi connectivity index (χ3v) is 7.59. The van der Waals surface area contributed by atoms with Crippen LogP contribution in [0.2, 0.25) is 5.02 Å². The molecule has 0 unspecified atom stereocenters. The number of fused-ring (bicyclic) bond motifs is 3. The van der Waals surface area contributed by atoms with Crippen molar-refractivity contribution < 1.29 is 19.1 Å². The molecule has 4 aromatic rings. The van der Waals surface area contributed by atoms with Crippen LogP contribution < -0.4 is 19.7 Å². The summed E-state index contributed by atoms with van der Waals surface area (Å²) in [6.45, 7) is 0.855. The minimum atomic E-state index is -0.234. The number of ether oxygens (including phenoxy) is 2. The molecule has 2 heterocycles. The van der Waals surface area contributed by atoms with Gasteiger partial charge in [0.05, 0.1) is 17.8 Å². The fourth-order valence-corrected chi connectivity index (χ4v) is 5.64. The molecule has 0 bridgehead atoms. The minimum Gasteiger partial charge on any atom is -0.454 e. The van der Waals surface area contributed by atoms with Crippen molar-refractivity contribution in [1.29, 1.82) is 0 Å². The Labute approximate surface area is 223 Å². The molecule has 6 nitrogen and oxygen atoms in total. The molecule has 0 aromatic heterocycles. The Morgan fingerprint density at radius 3 is 2.65 bits per heavy atom. The molecule has 0 atom stereocenters. The van der Waals surface area contributed by atoms with Gasteiger partial charge >= 0.3 is 0 Å². The van der Waals surface area contributed by atoms with E-state index in [-0.39, 0.29) is 18.6 Å². The Morgan fingerprint density at radius 1 is 0.892 bits per heavy atom. The van der Waals surface area contributed by atoms with Crippen LogP contribution in [0.15, 0.2) is 94.7 Å². The number of nitrogens with one attached hydrogen (secondary N) is 1. The van der Waals surface area contributed by atoms with Crippen molar-refractivity contribution in [2.45, 2.75) is 22.9 Å². The standard InChI is InChI=1S/C29H21ClN2O4S/c30-21-5-3-4-19(12-21)16-32-23-14-20(9-11-27(23)37-26-7-2-1-6-22(26)29(32)34)28(33)31-15-18-8-10-24-25(13-18)36-17-35-24/h1-14H,15-17H2,(H,31,33). The van der Waals surface area contributed by atoms with E-state index in [9.17, 15) is 9.59 Å². The van der Waals surface area contributed by atoms with Gasteiger partial charge in [0.25, 0.3) is 11.8 Å². The van der Waals surface area contributed by atoms with Crippen molar-refractivity contribution in [3.05, 3.63) is 112 Å². The van der Waals surface area contributed by atoms with Gasteiger partial charge in [0.2, 0.25) is 6.79 Å². The van der Waals surface area contributed by atoms with Crippen molar-refractivity contribution in [3.8, 4) is 11.5 Å². The second-order valence-corrected chi connectivity index (χ2v) is 10.2. The molecule has 0 fully saturated rings. The number of rotatable bonds is 5. The van der Waals surface area contributed by atoms with Gasteiger partial charge in [-0.1, -0.05) is 53.7 Å². The number of amides is 2. The van der Waals surface area contributed by atoms with Crippen molar-refractivity contribution in [1.82, 2.24) is 5.32 Å². The SMILES string of the molecule is O=C(NCc1ccc2c(c1)OCO2)c1ccc2c(c1)N(Cc1cccc(Cl)c1)C(=O)c1ccccc1S2. The van der Waals surface area contributed by atoms with Crippen LogP contribution in [0, 0.1) is 0 Å². The molecule has 2 aliphatic rings. The molecule has 6 rings (SSSR count). The average molecular weight is 529 g/mol. The lowest BCUT2D eigenvalue weighted by atomic mass is 10.1. The van der Waals surface area contributed by atoms with Gasteiger partial charge in [0.1, 0.15) is 0 Å². The normalized spacial score (nSPS) is 13.5. The lowest BCUT2D eigenvalue weighted by molar-refractivity contribution is 0.0947. The Bertz CT molecular complexity index is 1540. The molecule has 37 heavy (non-hydrogen) atoms. The van der Waals surface area contributed by atoms with E-state index in [0.29, 0.717) is 46.4 Å². The van der Waals surface area contributed by atoms with Crippen molar-refractivity contribution in [2.75, 3.05) is 11.7 Å². The third kappa shape index (κ3) is 4.75. The monoisotopic (exact) mass is 528 g/mol. The molecule has 1 N–H and O–H groups in total. The summed E-state index contributed by atoms with van der Waals surface area (Å²) >= 11 is 7.74. The zero-order chi connectivity index (χ0) is 25.4. The molecule has 4 aromatic carbocycles. The Hall–Kier alpha value is -3.94. The van der Waals surface area contributed by atoms with Crippen LogP contribution in [0.25, 0.3) is 0 Å². The predicted molar refractivity (Wildman–Crippen MR) is 143 cm³/mol. The second kappa shape index (κ2) is 9.84. The summed E-state index contributed by atoms with van der Waals surface area (Å²) in [5.74, 6) is 1.01. The van der Waals surface area contributed by atoms with E-state index >= 15 is 0 Å². The van der Waals surface area contributed by atoms with E-state index in [2.05, 4.69) is 5.32 Å². The van der Waals surface area contributed by atoms with E-state index < -0.39 is 0 Å². The highest BCUT2D eigenvalue weighted by Gasteiger charge is 2.28. The fourth-order valence-electron chi connectivity index (χ4n) is 4.37. The molecular weight excluding hydrogens is 508 g/mol. The first-order valence-corrected chi connectivity index (χ1v) is 12.9. The summed E-state index contributed by atoms with van der Waals surface area (Å²) in [7, 11) is 0. The zero-order valence-corrected chi connectivity index (χ0v) is 21.1. The number of nitrogens with zero attached hydrogens (tertiary/aromatic N) is 1. The highest BCUT2D eigenvalue weighted by Crippen LogP contribution is 2.42. The minimum absolute atomic E-state index is 0.125. The van der Waals surface area contributed by atoms with Gasteiger partial charge in [0, 0.05) is 26.9 Å². The lowest BCUT2D eigenvalue weighted by Crippen LogP contribution is -2.31. The molecule has 8 heteroatoms. The van der Waals surface area contributed by atoms with E-state index in [1.807, 2.05) is 66.7 Å². The second-order valence-electron chi connectivity index (χ2n) is 8.67. The molecule has 2 amide bonds. The van der Waals surface area contributed by atoms with E-state index in [1.54, 1.807) is 23.1 Å². The number of halogens is 1. The van der Waals surface area contributed by atoms with E-state index in [4.69, 9.17) is 21.1 Å². The number of carbonyl (C=O) groups excluding carboxylic acids is 2. The molecule has 0 spiro atoms. The Balaban J connectivity index is 1.31. The highest BCUT2D eigenvalue weighted by molar-refractivity contribution is 7.99. The van der Waals surface area contributed by atoms with Crippen molar-refractivity contribution in [3.63, 3.8) is 0 Å². The maximum atomic E-state index is 13.7. The van der Waals surface area contributed by atoms with Gasteiger partial charge < -0.3 is 19.7 Å².